The number of ether oxygens (including phenoxy) is 1. The number of hydrogen-bond donors (Lipinski definition) is 1. The van der Waals surface area contributed by atoms with Gasteiger partial charge in [0.1, 0.15) is 5.54 Å². The van der Waals surface area contributed by atoms with E-state index in [0.29, 0.717) is 36.1 Å². The normalized spacial score (nSPS) is 29.6. The van der Waals surface area contributed by atoms with Crippen molar-refractivity contribution in [3.63, 3.8) is 0 Å². The van der Waals surface area contributed by atoms with E-state index in [1.54, 1.807) is 11.0 Å². The molecule has 1 N–H and O–H groups in total. The van der Waals surface area contributed by atoms with E-state index in [0.717, 1.165) is 32.1 Å². The van der Waals surface area contributed by atoms with Crippen LogP contribution >= 0.6 is 0 Å². The molecule has 0 aromatic heterocycles. The molecule has 3 saturated carbocycles. The fraction of sp³-hybridized carbons (Fsp3) is 0.591. The van der Waals surface area contributed by atoms with Crippen LogP contribution in [0.3, 0.4) is 0 Å². The third-order valence-electron chi connectivity index (χ3n) is 7.30. The predicted molar refractivity (Wildman–Crippen MR) is 104 cm³/mol. The van der Waals surface area contributed by atoms with Crippen LogP contribution in [0.15, 0.2) is 24.3 Å². The Hall–Kier alpha value is -2.37. The second-order valence-electron chi connectivity index (χ2n) is 8.83. The molecular weight excluding hydrogens is 356 g/mol. The van der Waals surface area contributed by atoms with Crippen molar-refractivity contribution in [1.82, 2.24) is 0 Å². The topological polar surface area (TPSA) is 75.7 Å². The molecule has 2 bridgehead atoms. The van der Waals surface area contributed by atoms with Gasteiger partial charge in [-0.3, -0.25) is 19.3 Å². The first-order chi connectivity index (χ1) is 13.6. The Morgan fingerprint density at radius 2 is 1.93 bits per heavy atom. The van der Waals surface area contributed by atoms with Gasteiger partial charge in [-0.05, 0) is 56.1 Å². The van der Waals surface area contributed by atoms with E-state index in [-0.39, 0.29) is 30.3 Å². The first kappa shape index (κ1) is 17.7. The summed E-state index contributed by atoms with van der Waals surface area (Å²) in [6.45, 7) is -0.296. The summed E-state index contributed by atoms with van der Waals surface area (Å²) in [4.78, 5) is 40.3. The van der Waals surface area contributed by atoms with Crippen LogP contribution in [0.1, 0.15) is 51.4 Å². The average molecular weight is 382 g/mol. The zero-order valence-electron chi connectivity index (χ0n) is 16.0. The molecular formula is C22H26N2O4. The number of nitrogens with one attached hydrogen (secondary N) is 1. The summed E-state index contributed by atoms with van der Waals surface area (Å²) < 4.78 is 5.48. The molecule has 1 aliphatic heterocycles. The van der Waals surface area contributed by atoms with Gasteiger partial charge < -0.3 is 10.1 Å². The van der Waals surface area contributed by atoms with Gasteiger partial charge in [0, 0.05) is 0 Å². The lowest BCUT2D eigenvalue weighted by Gasteiger charge is -2.44. The van der Waals surface area contributed by atoms with Gasteiger partial charge in [0.15, 0.2) is 6.61 Å². The summed E-state index contributed by atoms with van der Waals surface area (Å²) in [6.07, 6.45) is 7.43. The van der Waals surface area contributed by atoms with Crippen molar-refractivity contribution in [2.24, 2.45) is 17.8 Å². The highest BCUT2D eigenvalue weighted by atomic mass is 16.5. The van der Waals surface area contributed by atoms with Crippen LogP contribution in [0, 0.1) is 17.8 Å². The molecule has 3 fully saturated rings. The smallest absolute Gasteiger partial charge is 0.309 e. The Morgan fingerprint density at radius 3 is 2.64 bits per heavy atom. The Balaban J connectivity index is 1.36. The highest BCUT2D eigenvalue weighted by Crippen LogP contribution is 2.49. The molecule has 3 atom stereocenters. The van der Waals surface area contributed by atoms with Crippen LogP contribution in [-0.2, 0) is 19.1 Å². The number of esters is 1. The average Bonchev–Trinajstić information content (AvgIpc) is 3.44. The molecule has 1 spiro atoms. The molecule has 3 unspecified atom stereocenters. The Bertz CT molecular complexity index is 830. The second kappa shape index (κ2) is 6.61. The van der Waals surface area contributed by atoms with Crippen LogP contribution in [0.2, 0.25) is 0 Å². The lowest BCUT2D eigenvalue weighted by Crippen LogP contribution is -2.61. The maximum absolute atomic E-state index is 13.2. The number of para-hydroxylation sites is 2. The molecule has 28 heavy (non-hydrogen) atoms. The van der Waals surface area contributed by atoms with Crippen molar-refractivity contribution < 1.29 is 19.1 Å². The lowest BCUT2D eigenvalue weighted by atomic mass is 9.89. The van der Waals surface area contributed by atoms with Crippen molar-refractivity contribution in [1.29, 1.82) is 0 Å². The van der Waals surface area contributed by atoms with Crippen LogP contribution in [0.4, 0.5) is 11.4 Å². The molecule has 6 nitrogen and oxygen atoms in total. The maximum atomic E-state index is 13.2. The highest BCUT2D eigenvalue weighted by molar-refractivity contribution is 6.15. The van der Waals surface area contributed by atoms with E-state index in [1.807, 2.05) is 18.2 Å². The van der Waals surface area contributed by atoms with Crippen LogP contribution in [-0.4, -0.2) is 29.9 Å². The Labute approximate surface area is 164 Å². The number of nitrogens with zero attached hydrogens (tertiary/aromatic N) is 1. The van der Waals surface area contributed by atoms with E-state index < -0.39 is 5.54 Å². The summed E-state index contributed by atoms with van der Waals surface area (Å²) in [5, 5.41) is 2.96. The van der Waals surface area contributed by atoms with E-state index in [9.17, 15) is 14.4 Å². The SMILES string of the molecule is O=C(OCC(=O)N1c2ccccc2NC(=O)C12CCCC2)C1CC2CCC1C2. The summed E-state index contributed by atoms with van der Waals surface area (Å²) in [7, 11) is 0. The first-order valence-corrected chi connectivity index (χ1v) is 10.5. The van der Waals surface area contributed by atoms with Crippen molar-refractivity contribution in [2.75, 3.05) is 16.8 Å². The number of benzene rings is 1. The molecule has 0 saturated heterocycles. The van der Waals surface area contributed by atoms with Gasteiger partial charge in [-0.2, -0.15) is 0 Å². The molecule has 2 amide bonds. The van der Waals surface area contributed by atoms with Crippen molar-refractivity contribution in [2.45, 2.75) is 56.9 Å². The van der Waals surface area contributed by atoms with Gasteiger partial charge in [-0.15, -0.1) is 0 Å². The number of rotatable bonds is 3. The summed E-state index contributed by atoms with van der Waals surface area (Å²) >= 11 is 0. The minimum Gasteiger partial charge on any atom is -0.455 e. The lowest BCUT2D eigenvalue weighted by molar-refractivity contribution is -0.154. The number of carbonyl (C=O) groups excluding carboxylic acids is 3. The number of amides is 2. The van der Waals surface area contributed by atoms with Crippen LogP contribution < -0.4 is 10.2 Å². The Kier molecular flexibility index (Phi) is 4.18. The summed E-state index contributed by atoms with van der Waals surface area (Å²) in [6, 6.07) is 7.35. The monoisotopic (exact) mass is 382 g/mol. The molecule has 148 valence electrons. The van der Waals surface area contributed by atoms with Crippen molar-refractivity contribution in [3.8, 4) is 0 Å². The van der Waals surface area contributed by atoms with Crippen molar-refractivity contribution in [3.05, 3.63) is 24.3 Å². The standard InChI is InChI=1S/C22H26N2O4/c25-19(13-28-20(26)16-12-14-7-8-15(16)11-14)24-18-6-2-1-5-17(18)23-21(27)22(24)9-3-4-10-22/h1-2,5-6,14-16H,3-4,7-13H2,(H,23,27). The third-order valence-corrected chi connectivity index (χ3v) is 7.30. The molecule has 4 aliphatic rings. The van der Waals surface area contributed by atoms with E-state index in [4.69, 9.17) is 4.74 Å². The van der Waals surface area contributed by atoms with Gasteiger partial charge in [-0.1, -0.05) is 31.4 Å². The molecule has 1 aromatic carbocycles. The van der Waals surface area contributed by atoms with E-state index >= 15 is 0 Å². The summed E-state index contributed by atoms with van der Waals surface area (Å²) in [5.74, 6) is 0.352. The second-order valence-corrected chi connectivity index (χ2v) is 8.83. The zero-order chi connectivity index (χ0) is 19.3. The maximum Gasteiger partial charge on any atom is 0.309 e. The largest absolute Gasteiger partial charge is 0.455 e. The molecule has 3 aliphatic carbocycles. The van der Waals surface area contributed by atoms with Crippen LogP contribution in [0.25, 0.3) is 0 Å². The van der Waals surface area contributed by atoms with Gasteiger partial charge in [0.25, 0.3) is 11.8 Å². The zero-order valence-corrected chi connectivity index (χ0v) is 16.0. The summed E-state index contributed by atoms with van der Waals surface area (Å²) in [5.41, 5.74) is 0.479. The molecule has 1 heterocycles. The van der Waals surface area contributed by atoms with Gasteiger partial charge in [-0.25, -0.2) is 0 Å². The highest BCUT2D eigenvalue weighted by Gasteiger charge is 2.52. The number of anilines is 2. The minimum atomic E-state index is -0.857. The number of hydrogen-bond acceptors (Lipinski definition) is 4. The van der Waals surface area contributed by atoms with Gasteiger partial charge in [0.2, 0.25) is 0 Å². The third kappa shape index (κ3) is 2.65. The number of carbonyl (C=O) groups is 3. The van der Waals surface area contributed by atoms with Gasteiger partial charge in [0.05, 0.1) is 17.3 Å². The van der Waals surface area contributed by atoms with Gasteiger partial charge >= 0.3 is 5.97 Å². The molecule has 0 radical (unpaired) electrons. The van der Waals surface area contributed by atoms with Crippen molar-refractivity contribution >= 4 is 29.2 Å². The van der Waals surface area contributed by atoms with Crippen LogP contribution in [0.5, 0.6) is 0 Å². The fourth-order valence-electron chi connectivity index (χ4n) is 5.97. The first-order valence-electron chi connectivity index (χ1n) is 10.5. The van der Waals surface area contributed by atoms with E-state index in [2.05, 4.69) is 5.32 Å². The minimum absolute atomic E-state index is 0.0519. The van der Waals surface area contributed by atoms with E-state index in [1.165, 1.54) is 6.42 Å². The molecule has 6 heteroatoms. The fourth-order valence-corrected chi connectivity index (χ4v) is 5.97. The number of fused-ring (bicyclic) bond motifs is 3. The predicted octanol–water partition coefficient (Wildman–Crippen LogP) is 3.26. The molecule has 5 rings (SSSR count). The molecule has 1 aromatic rings. The Morgan fingerprint density at radius 1 is 1.14 bits per heavy atom. The quantitative estimate of drug-likeness (QED) is 0.814.